The van der Waals surface area contributed by atoms with Crippen LogP contribution in [0.15, 0.2) is 18.2 Å². The van der Waals surface area contributed by atoms with E-state index in [0.717, 1.165) is 31.0 Å². The first-order chi connectivity index (χ1) is 7.74. The summed E-state index contributed by atoms with van der Waals surface area (Å²) in [7, 11) is 2.13. The molecule has 1 N–H and O–H groups in total. The number of rotatable bonds is 3. The predicted molar refractivity (Wildman–Crippen MR) is 68.6 cm³/mol. The highest BCUT2D eigenvalue weighted by Gasteiger charge is 2.21. The van der Waals surface area contributed by atoms with Crippen LogP contribution in [0.5, 0.6) is 5.75 Å². The minimum absolute atomic E-state index is 0.522. The van der Waals surface area contributed by atoms with E-state index in [9.17, 15) is 0 Å². The van der Waals surface area contributed by atoms with Gasteiger partial charge in [0.05, 0.1) is 12.3 Å². The van der Waals surface area contributed by atoms with Crippen molar-refractivity contribution < 1.29 is 4.74 Å². The molecule has 0 fully saturated rings. The largest absolute Gasteiger partial charge is 0.491 e. The number of hydrogen-bond donors (Lipinski definition) is 1. The Balaban J connectivity index is 2.29. The van der Waals surface area contributed by atoms with E-state index in [1.807, 2.05) is 6.07 Å². The third kappa shape index (κ3) is 1.94. The number of nitrogens with zero attached hydrogens (tertiary/aromatic N) is 1. The zero-order chi connectivity index (χ0) is 11.5. The predicted octanol–water partition coefficient (Wildman–Crippen LogP) is 2.73. The van der Waals surface area contributed by atoms with Crippen molar-refractivity contribution in [1.29, 1.82) is 0 Å². The number of ether oxygens (including phenoxy) is 1. The monoisotopic (exact) mass is 220 g/mol. The summed E-state index contributed by atoms with van der Waals surface area (Å²) in [6, 6.07) is 6.75. The molecule has 0 saturated carbocycles. The molecule has 16 heavy (non-hydrogen) atoms. The quantitative estimate of drug-likeness (QED) is 0.847. The second-order valence-corrected chi connectivity index (χ2v) is 4.34. The lowest BCUT2D eigenvalue weighted by molar-refractivity contribution is 0.318. The first kappa shape index (κ1) is 11.1. The van der Waals surface area contributed by atoms with Crippen molar-refractivity contribution in [3.05, 3.63) is 18.2 Å². The maximum atomic E-state index is 5.75. The van der Waals surface area contributed by atoms with Crippen LogP contribution in [0.4, 0.5) is 11.4 Å². The summed E-state index contributed by atoms with van der Waals surface area (Å²) < 4.78 is 5.75. The van der Waals surface area contributed by atoms with Crippen LogP contribution in [-0.4, -0.2) is 26.2 Å². The van der Waals surface area contributed by atoms with Crippen molar-refractivity contribution in [2.75, 3.05) is 30.4 Å². The Morgan fingerprint density at radius 2 is 2.31 bits per heavy atom. The summed E-state index contributed by atoms with van der Waals surface area (Å²) in [6.07, 6.45) is 1.04. The van der Waals surface area contributed by atoms with Gasteiger partial charge in [0.2, 0.25) is 0 Å². The molecule has 0 aromatic heterocycles. The van der Waals surface area contributed by atoms with E-state index in [4.69, 9.17) is 4.74 Å². The Hall–Kier alpha value is -1.38. The van der Waals surface area contributed by atoms with Crippen LogP contribution in [0.1, 0.15) is 20.3 Å². The van der Waals surface area contributed by atoms with E-state index in [0.29, 0.717) is 6.04 Å². The first-order valence-electron chi connectivity index (χ1n) is 5.96. The number of fused-ring (bicyclic) bond motifs is 1. The second kappa shape index (κ2) is 4.64. The summed E-state index contributed by atoms with van der Waals surface area (Å²) in [6.45, 7) is 6.08. The fourth-order valence-electron chi connectivity index (χ4n) is 1.95. The molecular weight excluding hydrogens is 200 g/mol. The molecule has 1 unspecified atom stereocenters. The van der Waals surface area contributed by atoms with E-state index in [2.05, 4.69) is 43.2 Å². The van der Waals surface area contributed by atoms with Crippen molar-refractivity contribution in [3.8, 4) is 5.75 Å². The molecule has 0 saturated heterocycles. The standard InChI is InChI=1S/C13H20N2O/c1-4-8-16-12-7-5-6-11-13(12)14-9-10(2)15(11)3/h5-7,10,14H,4,8-9H2,1-3H3. The van der Waals surface area contributed by atoms with Gasteiger partial charge in [0.1, 0.15) is 11.4 Å². The smallest absolute Gasteiger partial charge is 0.144 e. The molecule has 0 aliphatic carbocycles. The van der Waals surface area contributed by atoms with Gasteiger partial charge in [-0.05, 0) is 25.5 Å². The fraction of sp³-hybridized carbons (Fsp3) is 0.538. The molecule has 1 aromatic carbocycles. The van der Waals surface area contributed by atoms with Gasteiger partial charge in [-0.3, -0.25) is 0 Å². The highest BCUT2D eigenvalue weighted by atomic mass is 16.5. The molecule has 3 nitrogen and oxygen atoms in total. The van der Waals surface area contributed by atoms with Crippen LogP contribution < -0.4 is 15.0 Å². The van der Waals surface area contributed by atoms with E-state index in [1.165, 1.54) is 5.69 Å². The fourth-order valence-corrected chi connectivity index (χ4v) is 1.95. The number of nitrogens with one attached hydrogen (secondary N) is 1. The molecule has 2 rings (SSSR count). The Morgan fingerprint density at radius 1 is 1.50 bits per heavy atom. The molecule has 1 aliphatic rings. The summed E-state index contributed by atoms with van der Waals surface area (Å²) in [4.78, 5) is 2.30. The van der Waals surface area contributed by atoms with Crippen LogP contribution in [-0.2, 0) is 0 Å². The van der Waals surface area contributed by atoms with Crippen LogP contribution in [0, 0.1) is 0 Å². The van der Waals surface area contributed by atoms with Gasteiger partial charge in [-0.15, -0.1) is 0 Å². The van der Waals surface area contributed by atoms with Crippen molar-refractivity contribution >= 4 is 11.4 Å². The third-order valence-corrected chi connectivity index (χ3v) is 3.08. The number of benzene rings is 1. The first-order valence-corrected chi connectivity index (χ1v) is 5.96. The topological polar surface area (TPSA) is 24.5 Å². The molecule has 0 radical (unpaired) electrons. The van der Waals surface area contributed by atoms with Crippen LogP contribution in [0.3, 0.4) is 0 Å². The highest BCUT2D eigenvalue weighted by Crippen LogP contribution is 2.38. The maximum Gasteiger partial charge on any atom is 0.144 e. The molecule has 3 heteroatoms. The van der Waals surface area contributed by atoms with Gasteiger partial charge in [-0.25, -0.2) is 0 Å². The van der Waals surface area contributed by atoms with Gasteiger partial charge in [0.25, 0.3) is 0 Å². The average molecular weight is 220 g/mol. The van der Waals surface area contributed by atoms with Crippen molar-refractivity contribution in [2.24, 2.45) is 0 Å². The van der Waals surface area contributed by atoms with Crippen LogP contribution in [0.25, 0.3) is 0 Å². The average Bonchev–Trinajstić information content (AvgIpc) is 2.31. The van der Waals surface area contributed by atoms with E-state index in [-0.39, 0.29) is 0 Å². The summed E-state index contributed by atoms with van der Waals surface area (Å²) in [5.41, 5.74) is 2.36. The Kier molecular flexibility index (Phi) is 3.22. The molecule has 1 heterocycles. The number of hydrogen-bond acceptors (Lipinski definition) is 3. The second-order valence-electron chi connectivity index (χ2n) is 4.34. The van der Waals surface area contributed by atoms with Crippen LogP contribution >= 0.6 is 0 Å². The lowest BCUT2D eigenvalue weighted by Crippen LogP contribution is -2.39. The molecule has 0 bridgehead atoms. The molecule has 0 spiro atoms. The van der Waals surface area contributed by atoms with Gasteiger partial charge >= 0.3 is 0 Å². The van der Waals surface area contributed by atoms with E-state index < -0.39 is 0 Å². The molecule has 88 valence electrons. The van der Waals surface area contributed by atoms with Gasteiger partial charge in [0.15, 0.2) is 0 Å². The zero-order valence-corrected chi connectivity index (χ0v) is 10.3. The SMILES string of the molecule is CCCOc1cccc2c1NCC(C)N2C. The molecule has 1 atom stereocenters. The Bertz CT molecular complexity index is 365. The molecule has 0 amide bonds. The molecular formula is C13H20N2O. The lowest BCUT2D eigenvalue weighted by atomic mass is 10.1. The van der Waals surface area contributed by atoms with Gasteiger partial charge in [0, 0.05) is 19.6 Å². The maximum absolute atomic E-state index is 5.75. The number of anilines is 2. The normalized spacial score (nSPS) is 18.9. The summed E-state index contributed by atoms with van der Waals surface area (Å²) >= 11 is 0. The van der Waals surface area contributed by atoms with Crippen molar-refractivity contribution in [2.45, 2.75) is 26.3 Å². The minimum atomic E-state index is 0.522. The van der Waals surface area contributed by atoms with Crippen LogP contribution in [0.2, 0.25) is 0 Å². The van der Waals surface area contributed by atoms with E-state index >= 15 is 0 Å². The number of para-hydroxylation sites is 1. The molecule has 1 aromatic rings. The zero-order valence-electron chi connectivity index (χ0n) is 10.3. The summed E-state index contributed by atoms with van der Waals surface area (Å²) in [5, 5.41) is 3.45. The molecule has 1 aliphatic heterocycles. The third-order valence-electron chi connectivity index (χ3n) is 3.08. The van der Waals surface area contributed by atoms with Gasteiger partial charge in [-0.1, -0.05) is 13.0 Å². The van der Waals surface area contributed by atoms with E-state index in [1.54, 1.807) is 0 Å². The van der Waals surface area contributed by atoms with Gasteiger partial charge in [-0.2, -0.15) is 0 Å². The summed E-state index contributed by atoms with van der Waals surface area (Å²) in [5.74, 6) is 0.970. The van der Waals surface area contributed by atoms with Crippen molar-refractivity contribution in [3.63, 3.8) is 0 Å². The highest BCUT2D eigenvalue weighted by molar-refractivity contribution is 5.78. The van der Waals surface area contributed by atoms with Crippen molar-refractivity contribution in [1.82, 2.24) is 0 Å². The van der Waals surface area contributed by atoms with Gasteiger partial charge < -0.3 is 15.0 Å². The number of likely N-dealkylation sites (N-methyl/N-ethyl adjacent to an activating group) is 1. The minimum Gasteiger partial charge on any atom is -0.491 e. The lowest BCUT2D eigenvalue weighted by Gasteiger charge is -2.35. The Morgan fingerprint density at radius 3 is 3.06 bits per heavy atom. The Labute approximate surface area is 97.4 Å².